The number of rotatable bonds is 66. The first-order valence-corrected chi connectivity index (χ1v) is 40.0. The van der Waals surface area contributed by atoms with Crippen molar-refractivity contribution in [3.8, 4) is 0 Å². The molecular formula is C83H147NO13. The lowest BCUT2D eigenvalue weighted by molar-refractivity contribution is -0.359. The van der Waals surface area contributed by atoms with Gasteiger partial charge in [-0.25, -0.2) is 0 Å². The van der Waals surface area contributed by atoms with E-state index in [4.69, 9.17) is 18.9 Å². The molecule has 1 amide bonds. The molecule has 12 unspecified atom stereocenters. The lowest BCUT2D eigenvalue weighted by atomic mass is 9.97. The Morgan fingerprint density at radius 3 is 1.09 bits per heavy atom. The Hall–Kier alpha value is -3.09. The van der Waals surface area contributed by atoms with Crippen LogP contribution in [0.5, 0.6) is 0 Å². The lowest BCUT2D eigenvalue weighted by Gasteiger charge is -2.46. The van der Waals surface area contributed by atoms with Crippen LogP contribution in [0.1, 0.15) is 328 Å². The van der Waals surface area contributed by atoms with Crippen LogP contribution in [0, 0.1) is 0 Å². The molecule has 562 valence electrons. The van der Waals surface area contributed by atoms with E-state index in [1.54, 1.807) is 0 Å². The minimum absolute atomic E-state index is 0.206. The maximum Gasteiger partial charge on any atom is 0.220 e. The topological polar surface area (TPSA) is 228 Å². The minimum Gasteiger partial charge on any atom is -0.394 e. The predicted octanol–water partition coefficient (Wildman–Crippen LogP) is 18.1. The van der Waals surface area contributed by atoms with Gasteiger partial charge in [0.25, 0.3) is 0 Å². The summed E-state index contributed by atoms with van der Waals surface area (Å²) in [5, 5.41) is 87.8. The highest BCUT2D eigenvalue weighted by atomic mass is 16.7. The molecule has 2 aliphatic rings. The molecular weight excluding hydrogens is 1220 g/mol. The number of carbonyl (C=O) groups is 1. The Morgan fingerprint density at radius 1 is 0.381 bits per heavy atom. The normalized spacial score (nSPS) is 22.7. The summed E-state index contributed by atoms with van der Waals surface area (Å²) in [6.07, 6.45) is 77.2. The van der Waals surface area contributed by atoms with E-state index in [9.17, 15) is 45.6 Å². The van der Waals surface area contributed by atoms with Crippen LogP contribution in [0.15, 0.2) is 97.2 Å². The van der Waals surface area contributed by atoms with E-state index >= 15 is 0 Å². The highest BCUT2D eigenvalue weighted by Gasteiger charge is 2.51. The first kappa shape index (κ1) is 90.0. The molecule has 0 radical (unpaired) electrons. The molecule has 2 fully saturated rings. The third-order valence-corrected chi connectivity index (χ3v) is 19.1. The quantitative estimate of drug-likeness (QED) is 0.0204. The van der Waals surface area contributed by atoms with E-state index in [-0.39, 0.29) is 12.5 Å². The van der Waals surface area contributed by atoms with E-state index in [1.807, 2.05) is 0 Å². The van der Waals surface area contributed by atoms with Gasteiger partial charge in [-0.15, -0.1) is 0 Å². The largest absolute Gasteiger partial charge is 0.394 e. The standard InChI is InChI=1S/C83H147NO13/c1-3-5-7-9-11-13-15-17-19-21-23-25-27-29-30-31-32-33-34-35-36-37-38-39-40-41-42-43-45-47-49-51-53-55-57-59-61-63-65-67-75(88)84-71(70-94-82-80(93)78(91)81(74(69-86)96-82)97-83-79(92)77(90)76(89)73(68-85)95-83)72(87)66-64-62-60-58-56-54-52-50-48-46-44-28-26-24-22-20-18-16-14-12-10-8-6-4-2/h5,7,11,13,17,19,23,25,29-30,32-33,35-36,38-39,71-74,76-83,85-87,89-93H,3-4,6,8-10,12,14-16,18,20-22,24,26-28,31,34,37,40-70H2,1-2H3,(H,84,88)/b7-5-,13-11-,19-17-,25-23-,30-29-,33-32-,36-35-,39-38-. The van der Waals surface area contributed by atoms with Gasteiger partial charge in [0, 0.05) is 6.42 Å². The third-order valence-electron chi connectivity index (χ3n) is 19.1. The fourth-order valence-electron chi connectivity index (χ4n) is 12.8. The van der Waals surface area contributed by atoms with Crippen LogP contribution in [0.25, 0.3) is 0 Å². The van der Waals surface area contributed by atoms with Crippen molar-refractivity contribution in [2.24, 2.45) is 0 Å². The number of hydrogen-bond donors (Lipinski definition) is 9. The second-order valence-corrected chi connectivity index (χ2v) is 27.8. The Labute approximate surface area is 592 Å². The lowest BCUT2D eigenvalue weighted by Crippen LogP contribution is -2.65. The van der Waals surface area contributed by atoms with Crippen LogP contribution >= 0.6 is 0 Å². The first-order chi connectivity index (χ1) is 47.6. The van der Waals surface area contributed by atoms with Crippen molar-refractivity contribution in [1.29, 1.82) is 0 Å². The van der Waals surface area contributed by atoms with Crippen molar-refractivity contribution in [3.63, 3.8) is 0 Å². The Morgan fingerprint density at radius 2 is 0.711 bits per heavy atom. The second-order valence-electron chi connectivity index (χ2n) is 27.8. The number of allylic oxidation sites excluding steroid dienone is 16. The van der Waals surface area contributed by atoms with Crippen LogP contribution in [0.3, 0.4) is 0 Å². The summed E-state index contributed by atoms with van der Waals surface area (Å²) in [4.78, 5) is 13.4. The summed E-state index contributed by atoms with van der Waals surface area (Å²) in [5.74, 6) is -0.206. The Balaban J connectivity index is 1.60. The molecule has 0 aromatic rings. The summed E-state index contributed by atoms with van der Waals surface area (Å²) >= 11 is 0. The molecule has 0 spiro atoms. The summed E-state index contributed by atoms with van der Waals surface area (Å²) < 4.78 is 23.0. The van der Waals surface area contributed by atoms with E-state index in [2.05, 4.69) is 116 Å². The van der Waals surface area contributed by atoms with Crippen LogP contribution in [0.2, 0.25) is 0 Å². The van der Waals surface area contributed by atoms with Gasteiger partial charge >= 0.3 is 0 Å². The molecule has 2 heterocycles. The summed E-state index contributed by atoms with van der Waals surface area (Å²) in [7, 11) is 0. The molecule has 97 heavy (non-hydrogen) atoms. The molecule has 0 aromatic carbocycles. The molecule has 2 aliphatic heterocycles. The fraction of sp³-hybridized carbons (Fsp3) is 0.795. The second kappa shape index (κ2) is 66.2. The first-order valence-electron chi connectivity index (χ1n) is 40.0. The van der Waals surface area contributed by atoms with Gasteiger partial charge in [-0.05, 0) is 77.0 Å². The van der Waals surface area contributed by atoms with E-state index in [0.29, 0.717) is 12.8 Å². The van der Waals surface area contributed by atoms with Crippen molar-refractivity contribution in [1.82, 2.24) is 5.32 Å². The number of aliphatic hydroxyl groups excluding tert-OH is 8. The zero-order chi connectivity index (χ0) is 70.1. The van der Waals surface area contributed by atoms with Crippen molar-refractivity contribution < 1.29 is 64.6 Å². The van der Waals surface area contributed by atoms with Crippen LogP contribution in [-0.2, 0) is 23.7 Å². The highest BCUT2D eigenvalue weighted by Crippen LogP contribution is 2.30. The Bertz CT molecular complexity index is 2000. The zero-order valence-electron chi connectivity index (χ0n) is 61.6. The molecule has 9 N–H and O–H groups in total. The SMILES string of the molecule is CC/C=C\C/C=C\C/C=C\C/C=C\C/C=C\C/C=C\C/C=C\C/C=C\CCCCCCCCCCCCCCCCC(=O)NC(COC1OC(CO)C(OC2OC(CO)C(O)C(O)C2O)C(O)C1O)C(O)CCCCCCCCCCCCCCCCCCCCCCCCCC. The number of unbranched alkanes of at least 4 members (excludes halogenated alkanes) is 37. The van der Waals surface area contributed by atoms with E-state index in [1.165, 1.54) is 199 Å². The van der Waals surface area contributed by atoms with Crippen LogP contribution in [0.4, 0.5) is 0 Å². The van der Waals surface area contributed by atoms with Crippen LogP contribution < -0.4 is 5.32 Å². The van der Waals surface area contributed by atoms with Gasteiger partial charge in [-0.2, -0.15) is 0 Å². The fourth-order valence-corrected chi connectivity index (χ4v) is 12.8. The van der Waals surface area contributed by atoms with E-state index in [0.717, 1.165) is 103 Å². The average Bonchev–Trinajstić information content (AvgIpc) is 0.794. The summed E-state index contributed by atoms with van der Waals surface area (Å²) in [6.45, 7) is 2.79. The minimum atomic E-state index is -1.79. The maximum atomic E-state index is 13.4. The van der Waals surface area contributed by atoms with Gasteiger partial charge in [0.2, 0.25) is 5.91 Å². The van der Waals surface area contributed by atoms with Crippen molar-refractivity contribution in [2.75, 3.05) is 19.8 Å². The van der Waals surface area contributed by atoms with Gasteiger partial charge in [0.05, 0.1) is 32.0 Å². The van der Waals surface area contributed by atoms with Gasteiger partial charge in [-0.1, -0.05) is 342 Å². The van der Waals surface area contributed by atoms with Crippen molar-refractivity contribution >= 4 is 5.91 Å². The van der Waals surface area contributed by atoms with Gasteiger partial charge in [0.15, 0.2) is 12.6 Å². The maximum absolute atomic E-state index is 13.4. The van der Waals surface area contributed by atoms with Crippen molar-refractivity contribution in [3.05, 3.63) is 97.2 Å². The molecule has 2 saturated heterocycles. The monoisotopic (exact) mass is 1370 g/mol. The number of nitrogens with one attached hydrogen (secondary N) is 1. The third kappa shape index (κ3) is 49.2. The Kier molecular flexibility index (Phi) is 61.4. The average molecular weight is 1370 g/mol. The molecule has 0 aliphatic carbocycles. The molecule has 0 saturated carbocycles. The number of carbonyl (C=O) groups excluding carboxylic acids is 1. The number of aliphatic hydroxyl groups is 8. The van der Waals surface area contributed by atoms with Crippen LogP contribution in [-0.4, -0.2) is 140 Å². The highest BCUT2D eigenvalue weighted by molar-refractivity contribution is 5.76. The van der Waals surface area contributed by atoms with Crippen molar-refractivity contribution in [2.45, 2.75) is 402 Å². The molecule has 14 heteroatoms. The molecule has 0 bridgehead atoms. The summed E-state index contributed by atoms with van der Waals surface area (Å²) in [6, 6.07) is -0.835. The number of amides is 1. The van der Waals surface area contributed by atoms with Gasteiger partial charge < -0.3 is 65.1 Å². The molecule has 0 aromatic heterocycles. The van der Waals surface area contributed by atoms with Gasteiger partial charge in [-0.3, -0.25) is 4.79 Å². The molecule has 14 nitrogen and oxygen atoms in total. The number of ether oxygens (including phenoxy) is 4. The molecule has 12 atom stereocenters. The number of hydrogen-bond acceptors (Lipinski definition) is 13. The summed E-state index contributed by atoms with van der Waals surface area (Å²) in [5.41, 5.74) is 0. The zero-order valence-corrected chi connectivity index (χ0v) is 61.6. The molecule has 2 rings (SSSR count). The predicted molar refractivity (Wildman–Crippen MR) is 401 cm³/mol. The van der Waals surface area contributed by atoms with Gasteiger partial charge in [0.1, 0.15) is 48.8 Å². The smallest absolute Gasteiger partial charge is 0.220 e. The van der Waals surface area contributed by atoms with E-state index < -0.39 is 86.8 Å².